The lowest BCUT2D eigenvalue weighted by Gasteiger charge is -2.20. The van der Waals surface area contributed by atoms with Crippen molar-refractivity contribution in [3.63, 3.8) is 0 Å². The molecular formula is C17H20N6O3. The monoisotopic (exact) mass is 356 g/mol. The van der Waals surface area contributed by atoms with E-state index in [0.717, 1.165) is 12.0 Å². The van der Waals surface area contributed by atoms with E-state index in [9.17, 15) is 9.59 Å². The van der Waals surface area contributed by atoms with Crippen LogP contribution < -0.4 is 10.6 Å². The second-order valence-corrected chi connectivity index (χ2v) is 5.68. The number of carbonyl (C=O) groups is 2. The van der Waals surface area contributed by atoms with E-state index in [1.807, 2.05) is 24.3 Å². The summed E-state index contributed by atoms with van der Waals surface area (Å²) in [6.45, 7) is 4.28. The molecule has 0 radical (unpaired) electrons. The first kappa shape index (κ1) is 17.6. The number of hydrogen-bond donors (Lipinski definition) is 2. The van der Waals surface area contributed by atoms with Crippen LogP contribution in [0.15, 0.2) is 35.5 Å². The van der Waals surface area contributed by atoms with Crippen LogP contribution in [0.4, 0.5) is 4.79 Å². The number of ether oxygens (including phenoxy) is 1. The summed E-state index contributed by atoms with van der Waals surface area (Å²) in [5.74, 6) is -0.00306. The summed E-state index contributed by atoms with van der Waals surface area (Å²) in [4.78, 5) is 25.0. The molecule has 1 aliphatic heterocycles. The van der Waals surface area contributed by atoms with E-state index >= 15 is 0 Å². The Morgan fingerprint density at radius 2 is 2.04 bits per heavy atom. The zero-order valence-corrected chi connectivity index (χ0v) is 14.7. The Bertz CT molecular complexity index is 840. The van der Waals surface area contributed by atoms with Gasteiger partial charge in [-0.1, -0.05) is 31.2 Å². The van der Waals surface area contributed by atoms with Crippen LogP contribution in [0.2, 0.25) is 0 Å². The number of benzene rings is 1. The summed E-state index contributed by atoms with van der Waals surface area (Å²) in [6, 6.07) is 7.53. The van der Waals surface area contributed by atoms with Crippen LogP contribution in [0, 0.1) is 0 Å². The molecule has 0 saturated carbocycles. The second kappa shape index (κ2) is 7.77. The molecule has 0 atom stereocenters. The maximum atomic E-state index is 12.1. The SMILES string of the molecule is CCOC(=O)C1=C(Cn2nnc(-c3ccc(CC)cc3)n2)NC(=O)NC1. The first-order chi connectivity index (χ1) is 12.6. The third-order valence-electron chi connectivity index (χ3n) is 3.95. The van der Waals surface area contributed by atoms with Crippen molar-refractivity contribution in [3.05, 3.63) is 41.1 Å². The molecule has 0 saturated heterocycles. The molecule has 2 amide bonds. The van der Waals surface area contributed by atoms with Gasteiger partial charge in [0.1, 0.15) is 6.54 Å². The van der Waals surface area contributed by atoms with Gasteiger partial charge in [0.2, 0.25) is 5.82 Å². The predicted molar refractivity (Wildman–Crippen MR) is 92.8 cm³/mol. The highest BCUT2D eigenvalue weighted by Gasteiger charge is 2.24. The molecule has 26 heavy (non-hydrogen) atoms. The summed E-state index contributed by atoms with van der Waals surface area (Å²) in [7, 11) is 0. The minimum absolute atomic E-state index is 0.0973. The third kappa shape index (κ3) is 3.88. The molecule has 3 rings (SSSR count). The number of amides is 2. The largest absolute Gasteiger partial charge is 0.463 e. The van der Waals surface area contributed by atoms with Crippen LogP contribution in [-0.4, -0.2) is 45.4 Å². The van der Waals surface area contributed by atoms with Crippen molar-refractivity contribution in [2.45, 2.75) is 26.8 Å². The van der Waals surface area contributed by atoms with Gasteiger partial charge in [-0.3, -0.25) is 0 Å². The maximum Gasteiger partial charge on any atom is 0.337 e. The van der Waals surface area contributed by atoms with Crippen molar-refractivity contribution < 1.29 is 14.3 Å². The van der Waals surface area contributed by atoms with Crippen molar-refractivity contribution in [1.82, 2.24) is 30.8 Å². The van der Waals surface area contributed by atoms with E-state index in [0.29, 0.717) is 17.1 Å². The number of allylic oxidation sites excluding steroid dienone is 1. The lowest BCUT2D eigenvalue weighted by Crippen LogP contribution is -2.45. The van der Waals surface area contributed by atoms with Gasteiger partial charge in [-0.2, -0.15) is 4.80 Å². The van der Waals surface area contributed by atoms with Crippen molar-refractivity contribution in [3.8, 4) is 11.4 Å². The molecule has 1 aliphatic rings. The fourth-order valence-electron chi connectivity index (χ4n) is 2.54. The van der Waals surface area contributed by atoms with Gasteiger partial charge in [0.25, 0.3) is 0 Å². The second-order valence-electron chi connectivity index (χ2n) is 5.68. The fraction of sp³-hybridized carbons (Fsp3) is 0.353. The Morgan fingerprint density at radius 1 is 1.27 bits per heavy atom. The minimum Gasteiger partial charge on any atom is -0.463 e. The number of nitrogens with zero attached hydrogens (tertiary/aromatic N) is 4. The van der Waals surface area contributed by atoms with Gasteiger partial charge >= 0.3 is 12.0 Å². The molecular weight excluding hydrogens is 336 g/mol. The molecule has 2 N–H and O–H groups in total. The van der Waals surface area contributed by atoms with E-state index in [-0.39, 0.29) is 25.7 Å². The number of nitrogens with one attached hydrogen (secondary N) is 2. The van der Waals surface area contributed by atoms with Crippen LogP contribution >= 0.6 is 0 Å². The van der Waals surface area contributed by atoms with Crippen LogP contribution in [0.1, 0.15) is 19.4 Å². The molecule has 0 unspecified atom stereocenters. The summed E-state index contributed by atoms with van der Waals surface area (Å²) in [6.07, 6.45) is 0.957. The van der Waals surface area contributed by atoms with Gasteiger partial charge in [0, 0.05) is 5.56 Å². The van der Waals surface area contributed by atoms with Gasteiger partial charge in [-0.05, 0) is 24.1 Å². The van der Waals surface area contributed by atoms with Crippen LogP contribution in [-0.2, 0) is 22.5 Å². The minimum atomic E-state index is -0.481. The molecule has 1 aromatic carbocycles. The Labute approximate surface area is 150 Å². The van der Waals surface area contributed by atoms with Crippen molar-refractivity contribution >= 4 is 12.0 Å². The zero-order valence-electron chi connectivity index (χ0n) is 14.7. The van der Waals surface area contributed by atoms with Gasteiger partial charge < -0.3 is 15.4 Å². The van der Waals surface area contributed by atoms with Gasteiger partial charge in [0.05, 0.1) is 24.4 Å². The molecule has 136 valence electrons. The maximum absolute atomic E-state index is 12.1. The highest BCUT2D eigenvalue weighted by atomic mass is 16.5. The number of hydrogen-bond acceptors (Lipinski definition) is 6. The van der Waals surface area contributed by atoms with Crippen LogP contribution in [0.5, 0.6) is 0 Å². The molecule has 1 aromatic heterocycles. The molecule has 2 aromatic rings. The highest BCUT2D eigenvalue weighted by molar-refractivity contribution is 5.93. The topological polar surface area (TPSA) is 111 Å². The molecule has 0 fully saturated rings. The predicted octanol–water partition coefficient (Wildman–Crippen LogP) is 1.03. The Balaban J connectivity index is 1.81. The van der Waals surface area contributed by atoms with E-state index in [4.69, 9.17) is 4.74 Å². The number of esters is 1. The Hall–Kier alpha value is -3.23. The molecule has 0 spiro atoms. The van der Waals surface area contributed by atoms with E-state index in [1.165, 1.54) is 10.4 Å². The first-order valence-electron chi connectivity index (χ1n) is 8.41. The number of urea groups is 1. The molecule has 2 heterocycles. The van der Waals surface area contributed by atoms with Crippen LogP contribution in [0.25, 0.3) is 11.4 Å². The summed E-state index contributed by atoms with van der Waals surface area (Å²) >= 11 is 0. The van der Waals surface area contributed by atoms with E-state index in [1.54, 1.807) is 6.92 Å². The number of tetrazole rings is 1. The third-order valence-corrected chi connectivity index (χ3v) is 3.95. The van der Waals surface area contributed by atoms with Crippen molar-refractivity contribution in [2.24, 2.45) is 0 Å². The normalized spacial score (nSPS) is 14.0. The zero-order chi connectivity index (χ0) is 18.5. The first-order valence-corrected chi connectivity index (χ1v) is 8.41. The van der Waals surface area contributed by atoms with E-state index < -0.39 is 5.97 Å². The number of aromatic nitrogens is 4. The lowest BCUT2D eigenvalue weighted by molar-refractivity contribution is -0.138. The molecule has 9 heteroatoms. The quantitative estimate of drug-likeness (QED) is 0.748. The smallest absolute Gasteiger partial charge is 0.337 e. The molecule has 0 aliphatic carbocycles. The van der Waals surface area contributed by atoms with Crippen LogP contribution in [0.3, 0.4) is 0 Å². The number of aryl methyl sites for hydroxylation is 1. The summed E-state index contributed by atoms with van der Waals surface area (Å²) in [5, 5.41) is 17.6. The van der Waals surface area contributed by atoms with Gasteiger partial charge in [0.15, 0.2) is 0 Å². The lowest BCUT2D eigenvalue weighted by atomic mass is 10.1. The summed E-state index contributed by atoms with van der Waals surface area (Å²) < 4.78 is 5.03. The summed E-state index contributed by atoms with van der Waals surface area (Å²) in [5.41, 5.74) is 2.82. The Kier molecular flexibility index (Phi) is 5.26. The Morgan fingerprint density at radius 3 is 2.73 bits per heavy atom. The van der Waals surface area contributed by atoms with Crippen molar-refractivity contribution in [2.75, 3.05) is 13.2 Å². The average Bonchev–Trinajstić information content (AvgIpc) is 3.10. The average molecular weight is 356 g/mol. The van der Waals surface area contributed by atoms with Gasteiger partial charge in [-0.25, -0.2) is 9.59 Å². The van der Waals surface area contributed by atoms with Gasteiger partial charge in [-0.15, -0.1) is 10.2 Å². The number of carbonyl (C=O) groups excluding carboxylic acids is 2. The highest BCUT2D eigenvalue weighted by Crippen LogP contribution is 2.15. The molecule has 0 bridgehead atoms. The van der Waals surface area contributed by atoms with E-state index in [2.05, 4.69) is 33.0 Å². The standard InChI is InChI=1S/C17H20N6O3/c1-3-11-5-7-12(8-6-11)15-20-22-23(21-15)10-14-13(16(24)26-4-2)9-18-17(25)19-14/h5-8H,3-4,9-10H2,1-2H3,(H2,18,19,25). The van der Waals surface area contributed by atoms with Crippen molar-refractivity contribution in [1.29, 1.82) is 0 Å². The molecule has 9 nitrogen and oxygen atoms in total. The fourth-order valence-corrected chi connectivity index (χ4v) is 2.54. The number of rotatable bonds is 6.